The fourth-order valence-electron chi connectivity index (χ4n) is 2.79. The van der Waals surface area contributed by atoms with Gasteiger partial charge in [0.1, 0.15) is 0 Å². The lowest BCUT2D eigenvalue weighted by Gasteiger charge is -2.11. The summed E-state index contributed by atoms with van der Waals surface area (Å²) in [5, 5.41) is 9.52. The van der Waals surface area contributed by atoms with Crippen molar-refractivity contribution in [3.63, 3.8) is 0 Å². The molecular formula is C20H15ClN4O. The monoisotopic (exact) mass is 362 g/mol. The summed E-state index contributed by atoms with van der Waals surface area (Å²) >= 11 is 6.15. The van der Waals surface area contributed by atoms with Crippen molar-refractivity contribution in [3.05, 3.63) is 93.9 Å². The van der Waals surface area contributed by atoms with Crippen LogP contribution in [0.5, 0.6) is 0 Å². The van der Waals surface area contributed by atoms with Crippen LogP contribution < -0.4 is 5.43 Å². The molecule has 0 saturated heterocycles. The highest BCUT2D eigenvalue weighted by Gasteiger charge is 2.15. The lowest BCUT2D eigenvalue weighted by Crippen LogP contribution is -2.15. The van der Waals surface area contributed by atoms with Gasteiger partial charge in [-0.1, -0.05) is 35.9 Å². The number of halogens is 1. The Kier molecular flexibility index (Phi) is 4.14. The van der Waals surface area contributed by atoms with E-state index in [0.717, 1.165) is 16.9 Å². The smallest absolute Gasteiger partial charge is 0.209 e. The summed E-state index contributed by atoms with van der Waals surface area (Å²) in [5.41, 5.74) is 3.46. The summed E-state index contributed by atoms with van der Waals surface area (Å²) in [4.78, 5) is 12.5. The first-order valence-electron chi connectivity index (χ1n) is 8.10. The SMILES string of the molecule is Cc1ccc(Cl)cc1-n1nccc1-c1nn(-c2ccccc2)ccc1=O. The molecule has 6 heteroatoms. The Bertz CT molecular complexity index is 1130. The first kappa shape index (κ1) is 16.3. The van der Waals surface area contributed by atoms with Gasteiger partial charge in [0.15, 0.2) is 5.69 Å². The molecule has 128 valence electrons. The number of rotatable bonds is 3. The third-order valence-electron chi connectivity index (χ3n) is 4.11. The summed E-state index contributed by atoms with van der Waals surface area (Å²) in [7, 11) is 0. The zero-order valence-electron chi connectivity index (χ0n) is 14.0. The second kappa shape index (κ2) is 6.61. The summed E-state index contributed by atoms with van der Waals surface area (Å²) in [6.07, 6.45) is 3.31. The van der Waals surface area contributed by atoms with Crippen molar-refractivity contribution >= 4 is 11.6 Å². The Morgan fingerprint density at radius 3 is 2.62 bits per heavy atom. The lowest BCUT2D eigenvalue weighted by atomic mass is 10.2. The topological polar surface area (TPSA) is 52.7 Å². The summed E-state index contributed by atoms with van der Waals surface area (Å²) in [6, 6.07) is 18.5. The number of hydrogen-bond acceptors (Lipinski definition) is 3. The average molecular weight is 363 g/mol. The highest BCUT2D eigenvalue weighted by atomic mass is 35.5. The van der Waals surface area contributed by atoms with E-state index in [-0.39, 0.29) is 5.43 Å². The predicted octanol–water partition coefficient (Wildman–Crippen LogP) is 4.05. The van der Waals surface area contributed by atoms with E-state index < -0.39 is 0 Å². The molecule has 0 unspecified atom stereocenters. The Balaban J connectivity index is 1.89. The lowest BCUT2D eigenvalue weighted by molar-refractivity contribution is 0.821. The van der Waals surface area contributed by atoms with E-state index in [9.17, 15) is 4.79 Å². The molecule has 0 aliphatic carbocycles. The van der Waals surface area contributed by atoms with E-state index >= 15 is 0 Å². The molecule has 0 radical (unpaired) electrons. The first-order chi connectivity index (χ1) is 12.6. The highest BCUT2D eigenvalue weighted by molar-refractivity contribution is 6.30. The van der Waals surface area contributed by atoms with Crippen molar-refractivity contribution < 1.29 is 0 Å². The fourth-order valence-corrected chi connectivity index (χ4v) is 2.96. The van der Waals surface area contributed by atoms with Gasteiger partial charge in [0.05, 0.1) is 23.3 Å². The van der Waals surface area contributed by atoms with Crippen LogP contribution in [0.25, 0.3) is 22.8 Å². The van der Waals surface area contributed by atoms with Crippen LogP contribution in [0.1, 0.15) is 5.56 Å². The minimum atomic E-state index is -0.168. The Labute approximate surface area is 155 Å². The van der Waals surface area contributed by atoms with Crippen molar-refractivity contribution in [2.45, 2.75) is 6.92 Å². The van der Waals surface area contributed by atoms with Gasteiger partial charge in [-0.2, -0.15) is 10.2 Å². The van der Waals surface area contributed by atoms with E-state index in [2.05, 4.69) is 10.2 Å². The van der Waals surface area contributed by atoms with Gasteiger partial charge in [0, 0.05) is 17.3 Å². The fraction of sp³-hybridized carbons (Fsp3) is 0.0500. The third kappa shape index (κ3) is 2.93. The molecule has 0 atom stereocenters. The second-order valence-electron chi connectivity index (χ2n) is 5.87. The van der Waals surface area contributed by atoms with Crippen molar-refractivity contribution in [2.24, 2.45) is 0 Å². The van der Waals surface area contributed by atoms with E-state index in [4.69, 9.17) is 11.6 Å². The first-order valence-corrected chi connectivity index (χ1v) is 8.47. The van der Waals surface area contributed by atoms with Gasteiger partial charge < -0.3 is 0 Å². The standard InChI is InChI=1S/C20H15ClN4O/c1-14-7-8-15(21)13-18(14)25-17(9-11-22-25)20-19(26)10-12-24(23-20)16-5-3-2-4-6-16/h2-13H,1H3. The minimum absolute atomic E-state index is 0.168. The molecule has 2 heterocycles. The van der Waals surface area contributed by atoms with Gasteiger partial charge in [0.25, 0.3) is 0 Å². The zero-order valence-corrected chi connectivity index (χ0v) is 14.8. The van der Waals surface area contributed by atoms with Gasteiger partial charge in [-0.05, 0) is 42.8 Å². The van der Waals surface area contributed by atoms with Crippen LogP contribution >= 0.6 is 11.6 Å². The predicted molar refractivity (Wildman–Crippen MR) is 102 cm³/mol. The van der Waals surface area contributed by atoms with E-state index in [0.29, 0.717) is 16.4 Å². The number of aryl methyl sites for hydroxylation is 1. The Hall–Kier alpha value is -3.18. The Morgan fingerprint density at radius 1 is 1.00 bits per heavy atom. The molecule has 4 rings (SSSR count). The van der Waals surface area contributed by atoms with Crippen LogP contribution in [-0.4, -0.2) is 19.6 Å². The summed E-state index contributed by atoms with van der Waals surface area (Å²) in [5.74, 6) is 0. The van der Waals surface area contributed by atoms with Gasteiger partial charge in [0.2, 0.25) is 5.43 Å². The van der Waals surface area contributed by atoms with Gasteiger partial charge in [-0.25, -0.2) is 9.36 Å². The van der Waals surface area contributed by atoms with Crippen LogP contribution in [0.4, 0.5) is 0 Å². The highest BCUT2D eigenvalue weighted by Crippen LogP contribution is 2.23. The second-order valence-corrected chi connectivity index (χ2v) is 6.30. The number of aromatic nitrogens is 4. The molecule has 5 nitrogen and oxygen atoms in total. The molecule has 0 saturated carbocycles. The largest absolute Gasteiger partial charge is 0.287 e. The molecule has 4 aromatic rings. The number of benzene rings is 2. The zero-order chi connectivity index (χ0) is 18.1. The summed E-state index contributed by atoms with van der Waals surface area (Å²) < 4.78 is 3.37. The van der Waals surface area contributed by atoms with Crippen LogP contribution in [0, 0.1) is 6.92 Å². The van der Waals surface area contributed by atoms with Crippen molar-refractivity contribution in [1.29, 1.82) is 0 Å². The number of hydrogen-bond donors (Lipinski definition) is 0. The molecule has 0 aliphatic rings. The van der Waals surface area contributed by atoms with Crippen LogP contribution in [0.2, 0.25) is 5.02 Å². The minimum Gasteiger partial charge on any atom is -0.287 e. The molecule has 0 spiro atoms. The Morgan fingerprint density at radius 2 is 1.81 bits per heavy atom. The maximum atomic E-state index is 12.5. The average Bonchev–Trinajstić information content (AvgIpc) is 3.14. The molecular weight excluding hydrogens is 348 g/mol. The molecule has 0 aliphatic heterocycles. The molecule has 0 bridgehead atoms. The molecule has 2 aromatic carbocycles. The molecule has 0 amide bonds. The van der Waals surface area contributed by atoms with E-state index in [1.165, 1.54) is 6.07 Å². The van der Waals surface area contributed by atoms with Crippen LogP contribution in [-0.2, 0) is 0 Å². The molecule has 0 fully saturated rings. The molecule has 2 aromatic heterocycles. The van der Waals surface area contributed by atoms with Crippen LogP contribution in [0.15, 0.2) is 77.9 Å². The van der Waals surface area contributed by atoms with Gasteiger partial charge >= 0.3 is 0 Å². The molecule has 26 heavy (non-hydrogen) atoms. The van der Waals surface area contributed by atoms with Gasteiger partial charge in [-0.3, -0.25) is 4.79 Å². The van der Waals surface area contributed by atoms with E-state index in [1.807, 2.05) is 55.5 Å². The van der Waals surface area contributed by atoms with Crippen LogP contribution in [0.3, 0.4) is 0 Å². The van der Waals surface area contributed by atoms with Crippen molar-refractivity contribution in [2.75, 3.05) is 0 Å². The molecule has 0 N–H and O–H groups in total. The third-order valence-corrected chi connectivity index (χ3v) is 4.35. The number of nitrogens with zero attached hydrogens (tertiary/aromatic N) is 4. The maximum Gasteiger partial charge on any atom is 0.209 e. The van der Waals surface area contributed by atoms with Gasteiger partial charge in [-0.15, -0.1) is 0 Å². The normalized spacial score (nSPS) is 10.8. The quantitative estimate of drug-likeness (QED) is 0.552. The maximum absolute atomic E-state index is 12.5. The van der Waals surface area contributed by atoms with E-state index in [1.54, 1.807) is 27.8 Å². The number of para-hydroxylation sites is 1. The summed E-state index contributed by atoms with van der Waals surface area (Å²) in [6.45, 7) is 1.97. The van der Waals surface area contributed by atoms with Crippen molar-refractivity contribution in [1.82, 2.24) is 19.6 Å². The van der Waals surface area contributed by atoms with Crippen molar-refractivity contribution in [3.8, 4) is 22.8 Å².